The van der Waals surface area contributed by atoms with Crippen LogP contribution in [0.15, 0.2) is 0 Å². The van der Waals surface area contributed by atoms with Gasteiger partial charge in [0.2, 0.25) is 5.91 Å². The molecule has 1 amide bonds. The number of nitrogens with zero attached hydrogens (tertiary/aromatic N) is 1. The predicted octanol–water partition coefficient (Wildman–Crippen LogP) is 0.840. The average Bonchev–Trinajstić information content (AvgIpc) is 2.66. The minimum atomic E-state index is 0.369. The zero-order chi connectivity index (χ0) is 10.1. The van der Waals surface area contributed by atoms with Crippen LogP contribution in [-0.2, 0) is 4.79 Å². The molecule has 2 rings (SSSR count). The van der Waals surface area contributed by atoms with E-state index in [9.17, 15) is 4.79 Å². The molecule has 0 aromatic carbocycles. The van der Waals surface area contributed by atoms with E-state index in [1.807, 2.05) is 11.9 Å². The maximum atomic E-state index is 11.9. The molecule has 80 valence electrons. The smallest absolute Gasteiger partial charge is 0.226 e. The molecule has 0 aromatic heterocycles. The highest BCUT2D eigenvalue weighted by molar-refractivity contribution is 5.82. The standard InChI is InChI=1S/C11H20N2O/c1-13(7-3-6-12)11(14)10-8-4-2-5-9(8)10/h8-10H,2-7,12H2,1H3. The second-order valence-corrected chi connectivity index (χ2v) is 4.69. The first-order chi connectivity index (χ1) is 6.75. The van der Waals surface area contributed by atoms with Crippen molar-refractivity contribution in [3.63, 3.8) is 0 Å². The number of carbonyl (C=O) groups is 1. The maximum Gasteiger partial charge on any atom is 0.226 e. The zero-order valence-electron chi connectivity index (χ0n) is 8.91. The fraction of sp³-hybridized carbons (Fsp3) is 0.909. The third-order valence-corrected chi connectivity index (χ3v) is 3.77. The third kappa shape index (κ3) is 1.65. The van der Waals surface area contributed by atoms with Gasteiger partial charge in [-0.05, 0) is 37.6 Å². The molecule has 3 heteroatoms. The Bertz CT molecular complexity index is 219. The van der Waals surface area contributed by atoms with Crippen LogP contribution in [0.5, 0.6) is 0 Å². The van der Waals surface area contributed by atoms with Crippen LogP contribution < -0.4 is 5.73 Å². The minimum absolute atomic E-state index is 0.369. The molecule has 0 aliphatic heterocycles. The van der Waals surface area contributed by atoms with Crippen LogP contribution in [0.2, 0.25) is 0 Å². The normalized spacial score (nSPS) is 34.0. The topological polar surface area (TPSA) is 46.3 Å². The summed E-state index contributed by atoms with van der Waals surface area (Å²) in [7, 11) is 1.91. The lowest BCUT2D eigenvalue weighted by Crippen LogP contribution is -2.31. The van der Waals surface area contributed by atoms with E-state index >= 15 is 0 Å². The molecule has 3 nitrogen and oxygen atoms in total. The first kappa shape index (κ1) is 9.97. The molecular formula is C11H20N2O. The van der Waals surface area contributed by atoms with E-state index in [0.29, 0.717) is 18.4 Å². The van der Waals surface area contributed by atoms with Crippen molar-refractivity contribution < 1.29 is 4.79 Å². The molecule has 2 N–H and O–H groups in total. The van der Waals surface area contributed by atoms with Gasteiger partial charge in [0.25, 0.3) is 0 Å². The number of fused-ring (bicyclic) bond motifs is 1. The Morgan fingerprint density at radius 3 is 2.64 bits per heavy atom. The van der Waals surface area contributed by atoms with Crippen molar-refractivity contribution in [1.29, 1.82) is 0 Å². The Hall–Kier alpha value is -0.570. The van der Waals surface area contributed by atoms with E-state index < -0.39 is 0 Å². The first-order valence-corrected chi connectivity index (χ1v) is 5.70. The number of hydrogen-bond acceptors (Lipinski definition) is 2. The van der Waals surface area contributed by atoms with Crippen LogP contribution in [0.25, 0.3) is 0 Å². The molecule has 0 spiro atoms. The summed E-state index contributed by atoms with van der Waals surface area (Å²) in [6.45, 7) is 1.50. The van der Waals surface area contributed by atoms with Gasteiger partial charge in [0.05, 0.1) is 0 Å². The highest BCUT2D eigenvalue weighted by atomic mass is 16.2. The van der Waals surface area contributed by atoms with Crippen LogP contribution in [0, 0.1) is 17.8 Å². The van der Waals surface area contributed by atoms with Gasteiger partial charge in [0.15, 0.2) is 0 Å². The van der Waals surface area contributed by atoms with Gasteiger partial charge in [0.1, 0.15) is 0 Å². The highest BCUT2D eigenvalue weighted by Gasteiger charge is 2.57. The fourth-order valence-corrected chi connectivity index (χ4v) is 2.88. The van der Waals surface area contributed by atoms with Gasteiger partial charge >= 0.3 is 0 Å². The molecule has 2 atom stereocenters. The quantitative estimate of drug-likeness (QED) is 0.724. The summed E-state index contributed by atoms with van der Waals surface area (Å²) in [5.41, 5.74) is 5.42. The van der Waals surface area contributed by atoms with Crippen molar-refractivity contribution in [1.82, 2.24) is 4.90 Å². The number of nitrogens with two attached hydrogens (primary N) is 1. The largest absolute Gasteiger partial charge is 0.345 e. The molecule has 2 fully saturated rings. The molecule has 0 bridgehead atoms. The van der Waals surface area contributed by atoms with Gasteiger partial charge in [-0.1, -0.05) is 6.42 Å². The molecule has 0 radical (unpaired) electrons. The molecule has 2 aliphatic carbocycles. The molecule has 2 saturated carbocycles. The summed E-state index contributed by atoms with van der Waals surface area (Å²) in [5.74, 6) is 2.23. The van der Waals surface area contributed by atoms with Crippen LogP contribution in [-0.4, -0.2) is 30.9 Å². The Labute approximate surface area is 85.6 Å². The zero-order valence-corrected chi connectivity index (χ0v) is 8.91. The molecule has 0 aromatic rings. The van der Waals surface area contributed by atoms with Gasteiger partial charge in [0, 0.05) is 19.5 Å². The van der Waals surface area contributed by atoms with Gasteiger partial charge in [-0.2, -0.15) is 0 Å². The lowest BCUT2D eigenvalue weighted by atomic mass is 10.1. The summed E-state index contributed by atoms with van der Waals surface area (Å²) in [6.07, 6.45) is 4.83. The van der Waals surface area contributed by atoms with Crippen molar-refractivity contribution in [2.45, 2.75) is 25.7 Å². The van der Waals surface area contributed by atoms with E-state index in [-0.39, 0.29) is 0 Å². The maximum absolute atomic E-state index is 11.9. The average molecular weight is 196 g/mol. The van der Waals surface area contributed by atoms with Crippen LogP contribution in [0.1, 0.15) is 25.7 Å². The van der Waals surface area contributed by atoms with Crippen molar-refractivity contribution in [3.8, 4) is 0 Å². The monoisotopic (exact) mass is 196 g/mol. The SMILES string of the molecule is CN(CCCN)C(=O)C1C2CCCC21. The molecule has 0 heterocycles. The van der Waals surface area contributed by atoms with Crippen LogP contribution in [0.3, 0.4) is 0 Å². The number of amides is 1. The van der Waals surface area contributed by atoms with Crippen molar-refractivity contribution in [2.24, 2.45) is 23.5 Å². The van der Waals surface area contributed by atoms with Crippen molar-refractivity contribution >= 4 is 5.91 Å². The van der Waals surface area contributed by atoms with Gasteiger partial charge in [-0.25, -0.2) is 0 Å². The van der Waals surface area contributed by atoms with Crippen LogP contribution >= 0.6 is 0 Å². The Balaban J connectivity index is 1.78. The van der Waals surface area contributed by atoms with E-state index in [2.05, 4.69) is 0 Å². The summed E-state index contributed by atoms with van der Waals surface area (Å²) >= 11 is 0. The lowest BCUT2D eigenvalue weighted by Gasteiger charge is -2.17. The summed E-state index contributed by atoms with van der Waals surface area (Å²) in [4.78, 5) is 13.8. The molecule has 14 heavy (non-hydrogen) atoms. The van der Waals surface area contributed by atoms with Gasteiger partial charge in [-0.15, -0.1) is 0 Å². The molecule has 2 unspecified atom stereocenters. The Kier molecular flexibility index (Phi) is 2.77. The molecule has 0 saturated heterocycles. The number of carbonyl (C=O) groups excluding carboxylic acids is 1. The van der Waals surface area contributed by atoms with E-state index in [0.717, 1.165) is 24.8 Å². The Morgan fingerprint density at radius 2 is 2.07 bits per heavy atom. The van der Waals surface area contributed by atoms with Crippen LogP contribution in [0.4, 0.5) is 0 Å². The molecule has 2 aliphatic rings. The van der Waals surface area contributed by atoms with E-state index in [1.165, 1.54) is 19.3 Å². The van der Waals surface area contributed by atoms with Gasteiger partial charge < -0.3 is 10.6 Å². The summed E-state index contributed by atoms with van der Waals surface area (Å²) in [6, 6.07) is 0. The van der Waals surface area contributed by atoms with Crippen molar-refractivity contribution in [3.05, 3.63) is 0 Å². The molecular weight excluding hydrogens is 176 g/mol. The number of hydrogen-bond donors (Lipinski definition) is 1. The third-order valence-electron chi connectivity index (χ3n) is 3.77. The second-order valence-electron chi connectivity index (χ2n) is 4.69. The number of rotatable bonds is 4. The predicted molar refractivity (Wildman–Crippen MR) is 55.6 cm³/mol. The van der Waals surface area contributed by atoms with Gasteiger partial charge in [-0.3, -0.25) is 4.79 Å². The highest BCUT2D eigenvalue weighted by Crippen LogP contribution is 2.57. The van der Waals surface area contributed by atoms with Crippen molar-refractivity contribution in [2.75, 3.05) is 20.1 Å². The first-order valence-electron chi connectivity index (χ1n) is 5.70. The lowest BCUT2D eigenvalue weighted by molar-refractivity contribution is -0.132. The summed E-state index contributed by atoms with van der Waals surface area (Å²) < 4.78 is 0. The minimum Gasteiger partial charge on any atom is -0.345 e. The van der Waals surface area contributed by atoms with E-state index in [4.69, 9.17) is 5.73 Å². The second kappa shape index (κ2) is 3.89. The Morgan fingerprint density at radius 1 is 1.43 bits per heavy atom. The summed E-state index contributed by atoms with van der Waals surface area (Å²) in [5, 5.41) is 0. The fourth-order valence-electron chi connectivity index (χ4n) is 2.88. The van der Waals surface area contributed by atoms with E-state index in [1.54, 1.807) is 0 Å².